The first-order chi connectivity index (χ1) is 15.3. The third-order valence-corrected chi connectivity index (χ3v) is 6.18. The number of hydrogen-bond donors (Lipinski definition) is 2. The molecule has 0 saturated heterocycles. The van der Waals surface area contributed by atoms with Crippen LogP contribution in [-0.4, -0.2) is 27.5 Å². The van der Waals surface area contributed by atoms with Gasteiger partial charge >= 0.3 is 0 Å². The van der Waals surface area contributed by atoms with Crippen molar-refractivity contribution in [2.45, 2.75) is 11.8 Å². The van der Waals surface area contributed by atoms with Crippen LogP contribution in [0.2, 0.25) is 10.0 Å². The number of halogens is 2. The molecule has 3 aromatic rings. The van der Waals surface area contributed by atoms with E-state index in [-0.39, 0.29) is 11.5 Å². The molecule has 0 aliphatic heterocycles. The summed E-state index contributed by atoms with van der Waals surface area (Å²) in [6.07, 6.45) is 0. The third kappa shape index (κ3) is 6.29. The van der Waals surface area contributed by atoms with E-state index in [4.69, 9.17) is 32.7 Å². The lowest BCUT2D eigenvalue weighted by Gasteiger charge is -2.11. The zero-order valence-corrected chi connectivity index (χ0v) is 19.3. The molecule has 0 spiro atoms. The molecule has 7 nitrogen and oxygen atoms in total. The molecule has 0 aliphatic rings. The fourth-order valence-electron chi connectivity index (χ4n) is 2.66. The highest BCUT2D eigenvalue weighted by atomic mass is 35.5. The van der Waals surface area contributed by atoms with Crippen LogP contribution in [0.3, 0.4) is 0 Å². The average molecular weight is 495 g/mol. The van der Waals surface area contributed by atoms with E-state index in [1.807, 2.05) is 6.92 Å². The van der Waals surface area contributed by atoms with Crippen molar-refractivity contribution in [1.29, 1.82) is 0 Å². The van der Waals surface area contributed by atoms with E-state index in [0.29, 0.717) is 39.5 Å². The molecule has 0 fully saturated rings. The Balaban J connectivity index is 1.58. The van der Waals surface area contributed by atoms with Gasteiger partial charge in [-0.1, -0.05) is 29.3 Å². The SMILES string of the molecule is CCOc1ccc(NS(=O)(=O)c2ccc(OCC(=O)Nc3c(Cl)cccc3Cl)cc2)cc1. The van der Waals surface area contributed by atoms with Gasteiger partial charge in [-0.3, -0.25) is 9.52 Å². The maximum Gasteiger partial charge on any atom is 0.262 e. The molecule has 32 heavy (non-hydrogen) atoms. The molecular weight excluding hydrogens is 475 g/mol. The summed E-state index contributed by atoms with van der Waals surface area (Å²) in [6.45, 7) is 2.08. The number of anilines is 2. The number of amides is 1. The van der Waals surface area contributed by atoms with Crippen LogP contribution in [0.15, 0.2) is 71.6 Å². The van der Waals surface area contributed by atoms with E-state index in [9.17, 15) is 13.2 Å². The van der Waals surface area contributed by atoms with Crippen molar-refractivity contribution < 1.29 is 22.7 Å². The third-order valence-electron chi connectivity index (χ3n) is 4.15. The lowest BCUT2D eigenvalue weighted by atomic mass is 10.3. The Morgan fingerprint density at radius 1 is 0.875 bits per heavy atom. The Morgan fingerprint density at radius 2 is 1.44 bits per heavy atom. The minimum atomic E-state index is -3.79. The van der Waals surface area contributed by atoms with Crippen molar-refractivity contribution in [2.75, 3.05) is 23.3 Å². The predicted octanol–water partition coefficient (Wildman–Crippen LogP) is 5.21. The van der Waals surface area contributed by atoms with Gasteiger partial charge in [-0.2, -0.15) is 0 Å². The Bertz CT molecular complexity index is 1160. The smallest absolute Gasteiger partial charge is 0.262 e. The van der Waals surface area contributed by atoms with Crippen molar-refractivity contribution in [3.8, 4) is 11.5 Å². The normalized spacial score (nSPS) is 11.0. The summed E-state index contributed by atoms with van der Waals surface area (Å²) < 4.78 is 38.4. The lowest BCUT2D eigenvalue weighted by Crippen LogP contribution is -2.20. The number of sulfonamides is 1. The number of carbonyl (C=O) groups excluding carboxylic acids is 1. The largest absolute Gasteiger partial charge is 0.494 e. The highest BCUT2D eigenvalue weighted by Gasteiger charge is 2.15. The maximum absolute atomic E-state index is 12.6. The number of rotatable bonds is 9. The Kier molecular flexibility index (Phi) is 7.84. The van der Waals surface area contributed by atoms with Crippen LogP contribution < -0.4 is 19.5 Å². The number of benzene rings is 3. The Labute approximate surface area is 196 Å². The highest BCUT2D eigenvalue weighted by molar-refractivity contribution is 7.92. The van der Waals surface area contributed by atoms with Gasteiger partial charge in [0.1, 0.15) is 11.5 Å². The summed E-state index contributed by atoms with van der Waals surface area (Å²) in [6, 6.07) is 17.1. The minimum Gasteiger partial charge on any atom is -0.494 e. The predicted molar refractivity (Wildman–Crippen MR) is 125 cm³/mol. The van der Waals surface area contributed by atoms with Crippen LogP contribution in [0.25, 0.3) is 0 Å². The van der Waals surface area contributed by atoms with Crippen LogP contribution in [0.4, 0.5) is 11.4 Å². The van der Waals surface area contributed by atoms with E-state index in [2.05, 4.69) is 10.0 Å². The molecule has 2 N–H and O–H groups in total. The van der Waals surface area contributed by atoms with Crippen LogP contribution in [0.5, 0.6) is 11.5 Å². The standard InChI is InChI=1S/C22H20Cl2N2O5S/c1-2-30-16-8-6-15(7-9-16)26-32(28,29)18-12-10-17(11-13-18)31-14-21(27)25-22-19(23)4-3-5-20(22)24/h3-13,26H,2,14H2,1H3,(H,25,27). The molecule has 0 bridgehead atoms. The quantitative estimate of drug-likeness (QED) is 0.425. The minimum absolute atomic E-state index is 0.0473. The van der Waals surface area contributed by atoms with Crippen LogP contribution >= 0.6 is 23.2 Å². The Hall–Kier alpha value is -2.94. The van der Waals surface area contributed by atoms with Crippen molar-refractivity contribution in [2.24, 2.45) is 0 Å². The second kappa shape index (κ2) is 10.6. The fraction of sp³-hybridized carbons (Fsp3) is 0.136. The van der Waals surface area contributed by atoms with Gasteiger partial charge in [-0.05, 0) is 67.6 Å². The van der Waals surface area contributed by atoms with E-state index in [1.165, 1.54) is 24.3 Å². The number of hydrogen-bond acceptors (Lipinski definition) is 5. The van der Waals surface area contributed by atoms with Crippen molar-refractivity contribution in [3.05, 3.63) is 76.8 Å². The molecule has 0 aliphatic carbocycles. The molecule has 0 heterocycles. The van der Waals surface area contributed by atoms with Gasteiger partial charge < -0.3 is 14.8 Å². The van der Waals surface area contributed by atoms with Gasteiger partial charge in [0.05, 0.1) is 27.2 Å². The van der Waals surface area contributed by atoms with Gasteiger partial charge in [0, 0.05) is 5.69 Å². The van der Waals surface area contributed by atoms with Crippen LogP contribution in [0.1, 0.15) is 6.92 Å². The van der Waals surface area contributed by atoms with Gasteiger partial charge in [-0.25, -0.2) is 8.42 Å². The molecule has 0 radical (unpaired) electrons. The lowest BCUT2D eigenvalue weighted by molar-refractivity contribution is -0.118. The summed E-state index contributed by atoms with van der Waals surface area (Å²) in [7, 11) is -3.79. The molecule has 168 valence electrons. The highest BCUT2D eigenvalue weighted by Crippen LogP contribution is 2.29. The summed E-state index contributed by atoms with van der Waals surface area (Å²) >= 11 is 12.0. The number of nitrogens with one attached hydrogen (secondary N) is 2. The van der Waals surface area contributed by atoms with Gasteiger partial charge in [0.15, 0.2) is 6.61 Å². The van der Waals surface area contributed by atoms with Gasteiger partial charge in [-0.15, -0.1) is 0 Å². The van der Waals surface area contributed by atoms with Gasteiger partial charge in [0.25, 0.3) is 15.9 Å². The van der Waals surface area contributed by atoms with Crippen LogP contribution in [0, 0.1) is 0 Å². The Morgan fingerprint density at radius 3 is 2.03 bits per heavy atom. The van der Waals surface area contributed by atoms with Crippen molar-refractivity contribution in [1.82, 2.24) is 0 Å². The van der Waals surface area contributed by atoms with E-state index < -0.39 is 15.9 Å². The molecule has 3 rings (SSSR count). The van der Waals surface area contributed by atoms with E-state index in [0.717, 1.165) is 0 Å². The first-order valence-corrected chi connectivity index (χ1v) is 11.7. The monoisotopic (exact) mass is 494 g/mol. The second-order valence-electron chi connectivity index (χ2n) is 6.47. The fourth-order valence-corrected chi connectivity index (χ4v) is 4.21. The molecule has 0 aromatic heterocycles. The molecule has 3 aromatic carbocycles. The summed E-state index contributed by atoms with van der Waals surface area (Å²) in [4.78, 5) is 12.2. The molecule has 0 unspecified atom stereocenters. The number of ether oxygens (including phenoxy) is 2. The molecule has 0 atom stereocenters. The van der Waals surface area contributed by atoms with Crippen molar-refractivity contribution in [3.63, 3.8) is 0 Å². The van der Waals surface area contributed by atoms with Crippen LogP contribution in [-0.2, 0) is 14.8 Å². The first-order valence-electron chi connectivity index (χ1n) is 9.51. The summed E-state index contributed by atoms with van der Waals surface area (Å²) in [5.74, 6) is 0.511. The molecule has 10 heteroatoms. The second-order valence-corrected chi connectivity index (χ2v) is 8.96. The maximum atomic E-state index is 12.6. The van der Waals surface area contributed by atoms with E-state index in [1.54, 1.807) is 42.5 Å². The van der Waals surface area contributed by atoms with Crippen molar-refractivity contribution >= 4 is 50.5 Å². The molecular formula is C22H20Cl2N2O5S. The zero-order valence-electron chi connectivity index (χ0n) is 17.0. The first kappa shape index (κ1) is 23.7. The average Bonchev–Trinajstić information content (AvgIpc) is 2.77. The van der Waals surface area contributed by atoms with Gasteiger partial charge in [0.2, 0.25) is 0 Å². The number of carbonyl (C=O) groups is 1. The van der Waals surface area contributed by atoms with E-state index >= 15 is 0 Å². The molecule has 1 amide bonds. The number of para-hydroxylation sites is 1. The molecule has 0 saturated carbocycles. The topological polar surface area (TPSA) is 93.7 Å². The zero-order chi connectivity index (χ0) is 23.1. The summed E-state index contributed by atoms with van der Waals surface area (Å²) in [5.41, 5.74) is 0.704. The summed E-state index contributed by atoms with van der Waals surface area (Å²) in [5, 5.41) is 3.19.